The predicted molar refractivity (Wildman–Crippen MR) is 78.9 cm³/mol. The van der Waals surface area contributed by atoms with Crippen molar-refractivity contribution in [3.05, 3.63) is 34.4 Å². The molecular formula is C15H21N3O2. The highest BCUT2D eigenvalue weighted by molar-refractivity contribution is 5.60. The third kappa shape index (κ3) is 2.63. The van der Waals surface area contributed by atoms with E-state index in [0.29, 0.717) is 5.69 Å². The maximum Gasteiger partial charge on any atom is 0.292 e. The van der Waals surface area contributed by atoms with Crippen molar-refractivity contribution in [1.82, 2.24) is 4.90 Å². The molecule has 0 saturated carbocycles. The molecule has 1 aromatic carbocycles. The molecule has 0 radical (unpaired) electrons. The Hall–Kier alpha value is -1.62. The molecule has 5 nitrogen and oxygen atoms in total. The van der Waals surface area contributed by atoms with Crippen molar-refractivity contribution in [2.75, 3.05) is 25.0 Å². The molecule has 0 amide bonds. The van der Waals surface area contributed by atoms with Crippen LogP contribution in [0.1, 0.15) is 25.7 Å². The SMILES string of the molecule is O=[N+]([O-])c1ccccc1NCCC1CCN2CCCC12. The van der Waals surface area contributed by atoms with Crippen LogP contribution in [0.5, 0.6) is 0 Å². The largest absolute Gasteiger partial charge is 0.379 e. The second-order valence-corrected chi connectivity index (χ2v) is 5.78. The van der Waals surface area contributed by atoms with Gasteiger partial charge in [0, 0.05) is 18.7 Å². The number of nitro groups is 1. The lowest BCUT2D eigenvalue weighted by Crippen LogP contribution is -2.26. The van der Waals surface area contributed by atoms with Crippen LogP contribution in [0.3, 0.4) is 0 Å². The summed E-state index contributed by atoms with van der Waals surface area (Å²) in [6, 6.07) is 7.65. The Bertz CT molecular complexity index is 492. The molecule has 2 saturated heterocycles. The van der Waals surface area contributed by atoms with Crippen molar-refractivity contribution >= 4 is 11.4 Å². The van der Waals surface area contributed by atoms with Gasteiger partial charge in [-0.3, -0.25) is 10.1 Å². The summed E-state index contributed by atoms with van der Waals surface area (Å²) in [5.74, 6) is 0.757. The van der Waals surface area contributed by atoms with Gasteiger partial charge in [0.25, 0.3) is 5.69 Å². The fourth-order valence-electron chi connectivity index (χ4n) is 3.70. The summed E-state index contributed by atoms with van der Waals surface area (Å²) in [5, 5.41) is 14.2. The third-order valence-corrected chi connectivity index (χ3v) is 4.68. The zero-order valence-electron chi connectivity index (χ0n) is 11.6. The number of nitrogens with one attached hydrogen (secondary N) is 1. The van der Waals surface area contributed by atoms with Crippen molar-refractivity contribution < 1.29 is 4.92 Å². The summed E-state index contributed by atoms with van der Waals surface area (Å²) in [6.07, 6.45) is 5.05. The molecule has 2 atom stereocenters. The molecule has 2 unspecified atom stereocenters. The molecule has 3 rings (SSSR count). The van der Waals surface area contributed by atoms with Gasteiger partial charge in [-0.05, 0) is 50.8 Å². The van der Waals surface area contributed by atoms with E-state index in [4.69, 9.17) is 0 Å². The molecule has 2 aliphatic rings. The highest BCUT2D eigenvalue weighted by Crippen LogP contribution is 2.34. The maximum atomic E-state index is 10.9. The fraction of sp³-hybridized carbons (Fsp3) is 0.600. The molecule has 0 aromatic heterocycles. The number of rotatable bonds is 5. The number of para-hydroxylation sites is 2. The van der Waals surface area contributed by atoms with Gasteiger partial charge in [-0.2, -0.15) is 0 Å². The number of hydrogen-bond donors (Lipinski definition) is 1. The lowest BCUT2D eigenvalue weighted by Gasteiger charge is -2.20. The van der Waals surface area contributed by atoms with Crippen LogP contribution in [0.25, 0.3) is 0 Å². The topological polar surface area (TPSA) is 58.4 Å². The first-order valence-electron chi connectivity index (χ1n) is 7.47. The van der Waals surface area contributed by atoms with Crippen LogP contribution in [0, 0.1) is 16.0 Å². The molecule has 20 heavy (non-hydrogen) atoms. The monoisotopic (exact) mass is 275 g/mol. The van der Waals surface area contributed by atoms with E-state index in [1.807, 2.05) is 6.07 Å². The van der Waals surface area contributed by atoms with Gasteiger partial charge in [0.2, 0.25) is 0 Å². The molecular weight excluding hydrogens is 254 g/mol. The lowest BCUT2D eigenvalue weighted by atomic mass is 9.95. The number of benzene rings is 1. The average molecular weight is 275 g/mol. The van der Waals surface area contributed by atoms with E-state index in [1.165, 1.54) is 32.4 Å². The maximum absolute atomic E-state index is 10.9. The van der Waals surface area contributed by atoms with Crippen LogP contribution >= 0.6 is 0 Å². The molecule has 2 heterocycles. The van der Waals surface area contributed by atoms with Crippen LogP contribution in [0.2, 0.25) is 0 Å². The van der Waals surface area contributed by atoms with Gasteiger partial charge in [0.05, 0.1) is 4.92 Å². The van der Waals surface area contributed by atoms with Crippen molar-refractivity contribution in [3.63, 3.8) is 0 Å². The molecule has 108 valence electrons. The van der Waals surface area contributed by atoms with E-state index in [-0.39, 0.29) is 10.6 Å². The minimum Gasteiger partial charge on any atom is -0.379 e. The van der Waals surface area contributed by atoms with E-state index >= 15 is 0 Å². The predicted octanol–water partition coefficient (Wildman–Crippen LogP) is 2.88. The Kier molecular flexibility index (Phi) is 3.87. The van der Waals surface area contributed by atoms with Crippen LogP contribution in [-0.4, -0.2) is 35.5 Å². The van der Waals surface area contributed by atoms with Gasteiger partial charge in [-0.25, -0.2) is 0 Å². The summed E-state index contributed by atoms with van der Waals surface area (Å²) in [7, 11) is 0. The van der Waals surface area contributed by atoms with E-state index in [1.54, 1.807) is 18.2 Å². The second-order valence-electron chi connectivity index (χ2n) is 5.78. The summed E-state index contributed by atoms with van der Waals surface area (Å²) >= 11 is 0. The number of nitro benzene ring substituents is 1. The van der Waals surface area contributed by atoms with Gasteiger partial charge < -0.3 is 10.2 Å². The summed E-state index contributed by atoms with van der Waals surface area (Å²) in [6.45, 7) is 3.32. The minimum absolute atomic E-state index is 0.168. The Morgan fingerprint density at radius 3 is 3.00 bits per heavy atom. The standard InChI is InChI=1S/C15H21N3O2/c19-18(20)15-5-2-1-4-13(15)16-9-7-12-8-11-17-10-3-6-14(12)17/h1-2,4-5,12,14,16H,3,6-11H2. The first-order valence-corrected chi connectivity index (χ1v) is 7.47. The normalized spacial score (nSPS) is 25.6. The smallest absolute Gasteiger partial charge is 0.292 e. The fourth-order valence-corrected chi connectivity index (χ4v) is 3.70. The van der Waals surface area contributed by atoms with Gasteiger partial charge in [0.1, 0.15) is 5.69 Å². The van der Waals surface area contributed by atoms with E-state index in [2.05, 4.69) is 10.2 Å². The molecule has 1 N–H and O–H groups in total. The first kappa shape index (κ1) is 13.4. The molecule has 2 aliphatic heterocycles. The zero-order chi connectivity index (χ0) is 13.9. The molecule has 0 spiro atoms. The van der Waals surface area contributed by atoms with Crippen LogP contribution in [0.4, 0.5) is 11.4 Å². The van der Waals surface area contributed by atoms with Gasteiger partial charge in [0.15, 0.2) is 0 Å². The average Bonchev–Trinajstić information content (AvgIpc) is 3.03. The van der Waals surface area contributed by atoms with Crippen molar-refractivity contribution in [2.24, 2.45) is 5.92 Å². The molecule has 0 aliphatic carbocycles. The number of fused-ring (bicyclic) bond motifs is 1. The van der Waals surface area contributed by atoms with E-state index in [0.717, 1.165) is 24.9 Å². The highest BCUT2D eigenvalue weighted by atomic mass is 16.6. The molecule has 1 aromatic rings. The summed E-state index contributed by atoms with van der Waals surface area (Å²) in [5.41, 5.74) is 0.806. The second kappa shape index (κ2) is 5.79. The van der Waals surface area contributed by atoms with Crippen molar-refractivity contribution in [1.29, 1.82) is 0 Å². The first-order chi connectivity index (χ1) is 9.75. The Morgan fingerprint density at radius 1 is 1.30 bits per heavy atom. The van der Waals surface area contributed by atoms with Crippen LogP contribution in [0.15, 0.2) is 24.3 Å². The van der Waals surface area contributed by atoms with Gasteiger partial charge in [-0.1, -0.05) is 12.1 Å². The lowest BCUT2D eigenvalue weighted by molar-refractivity contribution is -0.384. The van der Waals surface area contributed by atoms with E-state index < -0.39 is 0 Å². The number of anilines is 1. The molecule has 5 heteroatoms. The third-order valence-electron chi connectivity index (χ3n) is 4.68. The molecule has 2 fully saturated rings. The Morgan fingerprint density at radius 2 is 2.15 bits per heavy atom. The zero-order valence-corrected chi connectivity index (χ0v) is 11.6. The quantitative estimate of drug-likeness (QED) is 0.663. The highest BCUT2D eigenvalue weighted by Gasteiger charge is 2.36. The van der Waals surface area contributed by atoms with Crippen LogP contribution in [-0.2, 0) is 0 Å². The van der Waals surface area contributed by atoms with Crippen LogP contribution < -0.4 is 5.32 Å². The summed E-state index contributed by atoms with van der Waals surface area (Å²) < 4.78 is 0. The number of nitrogens with zero attached hydrogens (tertiary/aromatic N) is 2. The van der Waals surface area contributed by atoms with Crippen molar-refractivity contribution in [3.8, 4) is 0 Å². The van der Waals surface area contributed by atoms with E-state index in [9.17, 15) is 10.1 Å². The minimum atomic E-state index is -0.323. The van der Waals surface area contributed by atoms with Crippen molar-refractivity contribution in [2.45, 2.75) is 31.7 Å². The van der Waals surface area contributed by atoms with Gasteiger partial charge in [-0.15, -0.1) is 0 Å². The Balaban J connectivity index is 1.54. The molecule has 0 bridgehead atoms. The Labute approximate surface area is 119 Å². The number of hydrogen-bond acceptors (Lipinski definition) is 4. The summed E-state index contributed by atoms with van der Waals surface area (Å²) in [4.78, 5) is 13.2. The van der Waals surface area contributed by atoms with Gasteiger partial charge >= 0.3 is 0 Å².